The largest absolute Gasteiger partial charge is 0.868 e. The Hall–Kier alpha value is -3.39. The number of nitrogens with one attached hydrogen (secondary N) is 1. The topological polar surface area (TPSA) is 116 Å². The van der Waals surface area contributed by atoms with Crippen LogP contribution in [0.1, 0.15) is 5.56 Å². The Bertz CT molecular complexity index is 941. The highest BCUT2D eigenvalue weighted by atomic mass is 35.5. The Kier molecular flexibility index (Phi) is 4.12. The fourth-order valence-corrected chi connectivity index (χ4v) is 2.47. The molecule has 2 amide bonds. The number of halogens is 1. The predicted octanol–water partition coefficient (Wildman–Crippen LogP) is 1.78. The van der Waals surface area contributed by atoms with Gasteiger partial charge >= 0.3 is 0 Å². The van der Waals surface area contributed by atoms with E-state index in [1.165, 1.54) is 18.2 Å². The number of amides is 2. The van der Waals surface area contributed by atoms with Crippen molar-refractivity contribution in [1.82, 2.24) is 5.43 Å². The van der Waals surface area contributed by atoms with Crippen molar-refractivity contribution in [2.75, 3.05) is 5.01 Å². The van der Waals surface area contributed by atoms with Crippen LogP contribution in [-0.2, 0) is 9.59 Å². The summed E-state index contributed by atoms with van der Waals surface area (Å²) in [6, 6.07) is 9.65. The van der Waals surface area contributed by atoms with Crippen molar-refractivity contribution in [3.8, 4) is 5.75 Å². The first kappa shape index (κ1) is 16.5. The average molecular weight is 359 g/mol. The predicted molar refractivity (Wildman–Crippen MR) is 87.6 cm³/mol. The zero-order valence-corrected chi connectivity index (χ0v) is 13.2. The summed E-state index contributed by atoms with van der Waals surface area (Å²) in [4.78, 5) is 34.5. The maximum Gasteiger partial charge on any atom is 0.282 e. The Morgan fingerprint density at radius 3 is 2.60 bits per heavy atom. The maximum atomic E-state index is 12.5. The van der Waals surface area contributed by atoms with E-state index >= 15 is 0 Å². The Balaban J connectivity index is 1.97. The standard InChI is InChI=1S/C16H10ClN3O5/c17-10-2-1-3-11(8-10)19-16(23)12(15(22)18-19)6-9-4-5-14(21)13(7-9)20(24)25/h1-8,21H,(H,18,22)/p-1/b12-6+. The highest BCUT2D eigenvalue weighted by Gasteiger charge is 2.34. The van der Waals surface area contributed by atoms with E-state index < -0.39 is 28.2 Å². The fourth-order valence-electron chi connectivity index (χ4n) is 2.29. The van der Waals surface area contributed by atoms with Crippen LogP contribution in [0.15, 0.2) is 48.0 Å². The molecule has 0 spiro atoms. The number of hydrogen-bond acceptors (Lipinski definition) is 5. The minimum absolute atomic E-state index is 0.192. The van der Waals surface area contributed by atoms with Gasteiger partial charge in [0.15, 0.2) is 0 Å². The van der Waals surface area contributed by atoms with E-state index in [1.54, 1.807) is 18.2 Å². The summed E-state index contributed by atoms with van der Waals surface area (Å²) in [6.07, 6.45) is 1.19. The molecular weight excluding hydrogens is 350 g/mol. The van der Waals surface area contributed by atoms with E-state index in [0.29, 0.717) is 10.7 Å². The molecule has 25 heavy (non-hydrogen) atoms. The third kappa shape index (κ3) is 3.15. The summed E-state index contributed by atoms with van der Waals surface area (Å²) < 4.78 is 0. The summed E-state index contributed by atoms with van der Waals surface area (Å²) in [6.45, 7) is 0. The summed E-state index contributed by atoms with van der Waals surface area (Å²) in [5, 5.41) is 23.7. The summed E-state index contributed by atoms with van der Waals surface area (Å²) in [7, 11) is 0. The third-order valence-corrected chi connectivity index (χ3v) is 3.68. The van der Waals surface area contributed by atoms with Gasteiger partial charge in [-0.05, 0) is 35.6 Å². The zero-order chi connectivity index (χ0) is 18.1. The molecule has 0 atom stereocenters. The van der Waals surface area contributed by atoms with E-state index in [0.717, 1.165) is 17.1 Å². The highest BCUT2D eigenvalue weighted by molar-refractivity contribution is 6.33. The normalized spacial score (nSPS) is 15.6. The first-order valence-electron chi connectivity index (χ1n) is 6.95. The molecule has 126 valence electrons. The van der Waals surface area contributed by atoms with Gasteiger partial charge in [0.1, 0.15) is 5.57 Å². The van der Waals surface area contributed by atoms with Gasteiger partial charge in [-0.3, -0.25) is 25.1 Å². The quantitative estimate of drug-likeness (QED) is 0.388. The first-order valence-corrected chi connectivity index (χ1v) is 7.33. The zero-order valence-electron chi connectivity index (χ0n) is 12.4. The van der Waals surface area contributed by atoms with Crippen molar-refractivity contribution < 1.29 is 19.6 Å². The molecule has 8 nitrogen and oxygen atoms in total. The van der Waals surface area contributed by atoms with Gasteiger partial charge in [-0.15, -0.1) is 0 Å². The molecule has 1 aliphatic rings. The van der Waals surface area contributed by atoms with Gasteiger partial charge in [0.05, 0.1) is 10.6 Å². The second kappa shape index (κ2) is 6.25. The molecule has 0 aliphatic carbocycles. The first-order chi connectivity index (χ1) is 11.9. The lowest BCUT2D eigenvalue weighted by Gasteiger charge is -2.14. The number of nitro benzene ring substituents is 1. The number of nitrogens with zero attached hydrogens (tertiary/aromatic N) is 2. The van der Waals surface area contributed by atoms with Crippen molar-refractivity contribution in [2.24, 2.45) is 0 Å². The summed E-state index contributed by atoms with van der Waals surface area (Å²) in [5.74, 6) is -2.06. The minimum atomic E-state index is -0.820. The second-order valence-electron chi connectivity index (χ2n) is 5.10. The molecule has 1 aliphatic heterocycles. The lowest BCUT2D eigenvalue weighted by atomic mass is 10.1. The van der Waals surface area contributed by atoms with Crippen molar-refractivity contribution in [3.63, 3.8) is 0 Å². The van der Waals surface area contributed by atoms with Crippen LogP contribution >= 0.6 is 11.6 Å². The van der Waals surface area contributed by atoms with Gasteiger partial charge in [0.25, 0.3) is 17.5 Å². The Morgan fingerprint density at radius 2 is 1.92 bits per heavy atom. The van der Waals surface area contributed by atoms with Crippen molar-refractivity contribution in [3.05, 3.63) is 68.7 Å². The van der Waals surface area contributed by atoms with Crippen LogP contribution in [0.2, 0.25) is 5.02 Å². The van der Waals surface area contributed by atoms with Crippen LogP contribution in [0, 0.1) is 10.1 Å². The van der Waals surface area contributed by atoms with Gasteiger partial charge in [0.2, 0.25) is 0 Å². The Labute approximate surface area is 146 Å². The monoisotopic (exact) mass is 358 g/mol. The lowest BCUT2D eigenvalue weighted by Crippen LogP contribution is -2.35. The van der Waals surface area contributed by atoms with Crippen molar-refractivity contribution in [2.45, 2.75) is 0 Å². The maximum absolute atomic E-state index is 12.5. The van der Waals surface area contributed by atoms with E-state index in [2.05, 4.69) is 5.43 Å². The van der Waals surface area contributed by atoms with Crippen LogP contribution in [0.5, 0.6) is 5.75 Å². The lowest BCUT2D eigenvalue weighted by molar-refractivity contribution is -0.398. The molecule has 1 N–H and O–H groups in total. The van der Waals surface area contributed by atoms with E-state index in [9.17, 15) is 24.8 Å². The number of hydrazine groups is 1. The molecule has 1 fully saturated rings. The number of hydrogen-bond donors (Lipinski definition) is 1. The molecule has 9 heteroatoms. The van der Waals surface area contributed by atoms with E-state index in [1.807, 2.05) is 0 Å². The molecule has 1 heterocycles. The molecule has 3 rings (SSSR count). The fraction of sp³-hybridized carbons (Fsp3) is 0. The molecule has 0 aromatic heterocycles. The van der Waals surface area contributed by atoms with Gasteiger partial charge in [-0.2, -0.15) is 0 Å². The molecule has 1 saturated heterocycles. The molecule has 0 bridgehead atoms. The Morgan fingerprint density at radius 1 is 1.16 bits per heavy atom. The van der Waals surface area contributed by atoms with Gasteiger partial charge < -0.3 is 5.11 Å². The van der Waals surface area contributed by atoms with E-state index in [-0.39, 0.29) is 11.1 Å². The highest BCUT2D eigenvalue weighted by Crippen LogP contribution is 2.27. The molecule has 2 aromatic rings. The number of rotatable bonds is 3. The van der Waals surface area contributed by atoms with Crippen LogP contribution in [0.3, 0.4) is 0 Å². The average Bonchev–Trinajstić information content (AvgIpc) is 2.84. The number of benzene rings is 2. The van der Waals surface area contributed by atoms with Crippen LogP contribution in [0.25, 0.3) is 6.08 Å². The summed E-state index contributed by atoms with van der Waals surface area (Å²) in [5.41, 5.74) is 2.10. The van der Waals surface area contributed by atoms with E-state index in [4.69, 9.17) is 11.6 Å². The smallest absolute Gasteiger partial charge is 0.282 e. The molecule has 0 saturated carbocycles. The summed E-state index contributed by atoms with van der Waals surface area (Å²) >= 11 is 5.88. The van der Waals surface area contributed by atoms with Crippen LogP contribution < -0.4 is 15.5 Å². The number of anilines is 1. The molecule has 0 unspecified atom stereocenters. The van der Waals surface area contributed by atoms with Gasteiger partial charge in [-0.1, -0.05) is 29.8 Å². The van der Waals surface area contributed by atoms with Gasteiger partial charge in [0, 0.05) is 11.1 Å². The van der Waals surface area contributed by atoms with Gasteiger partial charge in [-0.25, -0.2) is 5.01 Å². The van der Waals surface area contributed by atoms with Crippen LogP contribution in [-0.4, -0.2) is 16.7 Å². The third-order valence-electron chi connectivity index (χ3n) is 3.45. The van der Waals surface area contributed by atoms with Crippen LogP contribution in [0.4, 0.5) is 11.4 Å². The molecule has 0 radical (unpaired) electrons. The number of carbonyl (C=O) groups is 2. The van der Waals surface area contributed by atoms with Crippen molar-refractivity contribution in [1.29, 1.82) is 0 Å². The molecule has 2 aromatic carbocycles. The number of carbonyl (C=O) groups excluding carboxylic acids is 2. The number of nitro groups is 1. The molecular formula is C16H9ClN3O5-. The minimum Gasteiger partial charge on any atom is -0.868 e. The second-order valence-corrected chi connectivity index (χ2v) is 5.54. The SMILES string of the molecule is O=C1NN(c2cccc(Cl)c2)C(=O)/C1=C/c1ccc([O-])c([N+](=O)[O-])c1. The van der Waals surface area contributed by atoms with Crippen molar-refractivity contribution >= 4 is 40.9 Å².